The average Bonchev–Trinajstić information content (AvgIpc) is 3.06. The van der Waals surface area contributed by atoms with Crippen LogP contribution in [0.1, 0.15) is 50.1 Å². The highest BCUT2D eigenvalue weighted by molar-refractivity contribution is 6.30. The van der Waals surface area contributed by atoms with Crippen molar-refractivity contribution in [2.45, 2.75) is 44.1 Å². The number of aromatic nitrogens is 3. The number of benzene rings is 1. The number of nitrogens with zero attached hydrogens (tertiary/aromatic N) is 3. The summed E-state index contributed by atoms with van der Waals surface area (Å²) in [6.07, 6.45) is 4.68. The predicted octanol–water partition coefficient (Wildman–Crippen LogP) is 4.44. The Balaban J connectivity index is 1.82. The summed E-state index contributed by atoms with van der Waals surface area (Å²) in [6, 6.07) is 11.9. The van der Waals surface area contributed by atoms with Crippen LogP contribution in [0.3, 0.4) is 0 Å². The molecular weight excluding hydrogens is 376 g/mol. The van der Waals surface area contributed by atoms with Gasteiger partial charge < -0.3 is 10.1 Å². The fraction of sp³-hybridized carbons (Fsp3) is 0.381. The van der Waals surface area contributed by atoms with Crippen LogP contribution in [0.4, 0.5) is 4.79 Å². The number of halogens is 1. The van der Waals surface area contributed by atoms with Gasteiger partial charge in [0.15, 0.2) is 5.65 Å². The monoisotopic (exact) mass is 398 g/mol. The Morgan fingerprint density at radius 1 is 1.21 bits per heavy atom. The predicted molar refractivity (Wildman–Crippen MR) is 108 cm³/mol. The molecule has 0 bridgehead atoms. The first-order valence-corrected chi connectivity index (χ1v) is 9.72. The summed E-state index contributed by atoms with van der Waals surface area (Å²) in [6.45, 7) is 3.85. The molecule has 1 aromatic carbocycles. The van der Waals surface area contributed by atoms with Gasteiger partial charge in [-0.2, -0.15) is 0 Å². The minimum absolute atomic E-state index is 0.164. The highest BCUT2D eigenvalue weighted by Crippen LogP contribution is 2.48. The summed E-state index contributed by atoms with van der Waals surface area (Å²) in [4.78, 5) is 11.8. The molecule has 0 radical (unpaired) electrons. The molecule has 1 saturated carbocycles. The van der Waals surface area contributed by atoms with Gasteiger partial charge in [0.05, 0.1) is 18.1 Å². The molecule has 2 aromatic heterocycles. The van der Waals surface area contributed by atoms with E-state index in [0.717, 1.165) is 41.3 Å². The van der Waals surface area contributed by atoms with Gasteiger partial charge in [-0.1, -0.05) is 36.2 Å². The molecule has 7 heteroatoms. The molecule has 6 nitrogen and oxygen atoms in total. The molecule has 0 unspecified atom stereocenters. The first-order chi connectivity index (χ1) is 13.4. The molecule has 1 amide bonds. The summed E-state index contributed by atoms with van der Waals surface area (Å²) in [7, 11) is 1.35. The van der Waals surface area contributed by atoms with E-state index in [9.17, 15) is 4.79 Å². The highest BCUT2D eigenvalue weighted by Gasteiger charge is 2.44. The third-order valence-corrected chi connectivity index (χ3v) is 5.99. The second-order valence-electron chi connectivity index (χ2n) is 7.82. The minimum atomic E-state index is -0.660. The molecular formula is C21H23ClN4O2. The van der Waals surface area contributed by atoms with Crippen LogP contribution in [0.5, 0.6) is 0 Å². The number of pyridine rings is 1. The van der Waals surface area contributed by atoms with Crippen molar-refractivity contribution >= 4 is 23.3 Å². The summed E-state index contributed by atoms with van der Waals surface area (Å²) < 4.78 is 6.81. The van der Waals surface area contributed by atoms with Crippen LogP contribution < -0.4 is 5.32 Å². The zero-order chi connectivity index (χ0) is 19.9. The van der Waals surface area contributed by atoms with Gasteiger partial charge in [-0.15, -0.1) is 10.2 Å². The topological polar surface area (TPSA) is 68.5 Å². The van der Waals surface area contributed by atoms with E-state index in [0.29, 0.717) is 0 Å². The first-order valence-electron chi connectivity index (χ1n) is 9.34. The Morgan fingerprint density at radius 3 is 2.54 bits per heavy atom. The molecule has 0 spiro atoms. The number of hydrogen-bond donors (Lipinski definition) is 1. The number of methoxy groups -OCH3 is 1. The number of carbonyl (C=O) groups excluding carboxylic acids is 1. The van der Waals surface area contributed by atoms with E-state index in [-0.39, 0.29) is 5.41 Å². The largest absolute Gasteiger partial charge is 0.453 e. The lowest BCUT2D eigenvalue weighted by Gasteiger charge is -2.41. The van der Waals surface area contributed by atoms with Crippen LogP contribution in [0.25, 0.3) is 5.65 Å². The maximum Gasteiger partial charge on any atom is 0.407 e. The SMILES string of the molecule is COC(=O)NC(C)(C)c1cccn2c(C3(c4ccc(Cl)cc4)CCC3)nnc12. The second kappa shape index (κ2) is 6.78. The Labute approximate surface area is 168 Å². The van der Waals surface area contributed by atoms with Crippen molar-refractivity contribution in [2.24, 2.45) is 0 Å². The Hall–Kier alpha value is -2.60. The van der Waals surface area contributed by atoms with E-state index >= 15 is 0 Å². The normalized spacial score (nSPS) is 15.9. The Kier molecular flexibility index (Phi) is 4.54. The minimum Gasteiger partial charge on any atom is -0.453 e. The van der Waals surface area contributed by atoms with E-state index < -0.39 is 11.6 Å². The number of rotatable bonds is 4. The van der Waals surface area contributed by atoms with Gasteiger partial charge in [0, 0.05) is 16.8 Å². The molecule has 3 aromatic rings. The lowest BCUT2D eigenvalue weighted by Crippen LogP contribution is -2.41. The Morgan fingerprint density at radius 2 is 1.93 bits per heavy atom. The van der Waals surface area contributed by atoms with E-state index in [1.807, 2.05) is 48.7 Å². The fourth-order valence-electron chi connectivity index (χ4n) is 4.04. The smallest absolute Gasteiger partial charge is 0.407 e. The Bertz CT molecular complexity index is 1020. The van der Waals surface area contributed by atoms with Crippen LogP contribution in [-0.2, 0) is 15.7 Å². The van der Waals surface area contributed by atoms with Crippen molar-refractivity contribution in [2.75, 3.05) is 7.11 Å². The summed E-state index contributed by atoms with van der Waals surface area (Å²) in [5.74, 6) is 0.923. The molecule has 0 saturated heterocycles. The molecule has 2 heterocycles. The van der Waals surface area contributed by atoms with E-state index in [1.54, 1.807) is 0 Å². The fourth-order valence-corrected chi connectivity index (χ4v) is 4.17. The van der Waals surface area contributed by atoms with E-state index in [4.69, 9.17) is 16.3 Å². The van der Waals surface area contributed by atoms with Crippen LogP contribution in [0.15, 0.2) is 42.6 Å². The zero-order valence-corrected chi connectivity index (χ0v) is 17.0. The van der Waals surface area contributed by atoms with Crippen molar-refractivity contribution < 1.29 is 9.53 Å². The number of carbonyl (C=O) groups is 1. The lowest BCUT2D eigenvalue weighted by atomic mass is 9.64. The van der Waals surface area contributed by atoms with E-state index in [2.05, 4.69) is 27.6 Å². The molecule has 1 fully saturated rings. The molecule has 1 aliphatic rings. The highest BCUT2D eigenvalue weighted by atomic mass is 35.5. The number of hydrogen-bond acceptors (Lipinski definition) is 4. The molecule has 1 aliphatic carbocycles. The first kappa shape index (κ1) is 18.7. The van der Waals surface area contributed by atoms with Crippen LogP contribution in [0, 0.1) is 0 Å². The third kappa shape index (κ3) is 2.92. The van der Waals surface area contributed by atoms with Crippen molar-refractivity contribution in [3.63, 3.8) is 0 Å². The molecule has 4 rings (SSSR count). The number of ether oxygens (including phenoxy) is 1. The standard InChI is InChI=1S/C21H23ClN4O2/c1-20(2,23-19(27)28-3)16-6-4-13-26-17(16)24-25-18(26)21(11-5-12-21)14-7-9-15(22)10-8-14/h4,6-10,13H,5,11-12H2,1-3H3,(H,23,27). The lowest BCUT2D eigenvalue weighted by molar-refractivity contribution is 0.159. The van der Waals surface area contributed by atoms with Gasteiger partial charge >= 0.3 is 6.09 Å². The molecule has 0 aliphatic heterocycles. The van der Waals surface area contributed by atoms with Gasteiger partial charge in [-0.25, -0.2) is 4.79 Å². The summed E-state index contributed by atoms with van der Waals surface area (Å²) >= 11 is 6.09. The number of alkyl carbamates (subject to hydrolysis) is 1. The van der Waals surface area contributed by atoms with Crippen molar-refractivity contribution in [3.05, 3.63) is 64.6 Å². The maximum atomic E-state index is 11.8. The average molecular weight is 399 g/mol. The maximum absolute atomic E-state index is 11.8. The van der Waals surface area contributed by atoms with Crippen molar-refractivity contribution in [1.29, 1.82) is 0 Å². The van der Waals surface area contributed by atoms with Crippen LogP contribution >= 0.6 is 11.6 Å². The molecule has 0 atom stereocenters. The van der Waals surface area contributed by atoms with Gasteiger partial charge in [-0.05, 0) is 50.5 Å². The zero-order valence-electron chi connectivity index (χ0n) is 16.2. The van der Waals surface area contributed by atoms with Gasteiger partial charge in [0.1, 0.15) is 5.82 Å². The quantitative estimate of drug-likeness (QED) is 0.705. The van der Waals surface area contributed by atoms with Gasteiger partial charge in [0.25, 0.3) is 0 Å². The molecule has 28 heavy (non-hydrogen) atoms. The van der Waals surface area contributed by atoms with Crippen LogP contribution in [0.2, 0.25) is 5.02 Å². The molecule has 1 N–H and O–H groups in total. The summed E-state index contributed by atoms with van der Waals surface area (Å²) in [5, 5.41) is 12.7. The molecule has 146 valence electrons. The number of fused-ring (bicyclic) bond motifs is 1. The van der Waals surface area contributed by atoms with E-state index in [1.165, 1.54) is 12.7 Å². The number of nitrogens with one attached hydrogen (secondary N) is 1. The van der Waals surface area contributed by atoms with Gasteiger partial charge in [-0.3, -0.25) is 4.40 Å². The van der Waals surface area contributed by atoms with Crippen LogP contribution in [-0.4, -0.2) is 27.8 Å². The van der Waals surface area contributed by atoms with Crippen molar-refractivity contribution in [1.82, 2.24) is 19.9 Å². The van der Waals surface area contributed by atoms with Gasteiger partial charge in [0.2, 0.25) is 0 Å². The summed E-state index contributed by atoms with van der Waals surface area (Å²) in [5.41, 5.74) is 1.99. The van der Waals surface area contributed by atoms with Crippen molar-refractivity contribution in [3.8, 4) is 0 Å². The third-order valence-electron chi connectivity index (χ3n) is 5.74. The number of amides is 1. The second-order valence-corrected chi connectivity index (χ2v) is 8.26.